The van der Waals surface area contributed by atoms with E-state index in [1.165, 1.54) is 5.56 Å². The van der Waals surface area contributed by atoms with Crippen LogP contribution in [0.1, 0.15) is 54.0 Å². The molecule has 0 bridgehead atoms. The standard InChI is InChI=1S/C27H30N4O4/c1-16-13-28-24-20(16)12-19(14-29-24)18-10-17-5-9-30(25(32)27(35-2)6-7-27)15-22(17)21(11-18)23-4-3-8-31(23)26(33)34/h10-14,23H,3-9,15H2,1-2H3,(H,28,29)(H,33,34). The third-order valence-electron chi connectivity index (χ3n) is 8.08. The zero-order chi connectivity index (χ0) is 24.3. The first-order valence-corrected chi connectivity index (χ1v) is 12.3. The molecule has 3 aliphatic rings. The molecule has 2 fully saturated rings. The van der Waals surface area contributed by atoms with E-state index in [0.717, 1.165) is 71.0 Å². The van der Waals surface area contributed by atoms with Crippen molar-refractivity contribution in [1.82, 2.24) is 19.8 Å². The molecule has 1 atom stereocenters. The molecule has 0 radical (unpaired) electrons. The van der Waals surface area contributed by atoms with E-state index in [0.29, 0.717) is 19.6 Å². The second kappa shape index (κ2) is 8.09. The molecule has 8 heteroatoms. The number of carbonyl (C=O) groups is 2. The number of benzene rings is 1. The van der Waals surface area contributed by atoms with Crippen LogP contribution in [-0.2, 0) is 22.5 Å². The molecule has 6 rings (SSSR count). The Morgan fingerprint density at radius 1 is 1.20 bits per heavy atom. The Kier molecular flexibility index (Phi) is 5.11. The van der Waals surface area contributed by atoms with Gasteiger partial charge in [-0.1, -0.05) is 6.07 Å². The molecule has 0 spiro atoms. The van der Waals surface area contributed by atoms with Crippen molar-refractivity contribution in [2.45, 2.75) is 57.2 Å². The van der Waals surface area contributed by atoms with E-state index in [1.807, 2.05) is 17.3 Å². The second-order valence-corrected chi connectivity index (χ2v) is 10.1. The van der Waals surface area contributed by atoms with Gasteiger partial charge in [-0.3, -0.25) is 4.79 Å². The highest BCUT2D eigenvalue weighted by Crippen LogP contribution is 2.43. The Bertz CT molecular complexity index is 1340. The zero-order valence-corrected chi connectivity index (χ0v) is 20.1. The van der Waals surface area contributed by atoms with E-state index in [1.54, 1.807) is 12.0 Å². The number of ether oxygens (including phenoxy) is 1. The number of fused-ring (bicyclic) bond motifs is 2. The summed E-state index contributed by atoms with van der Waals surface area (Å²) in [5.74, 6) is 0.0553. The third kappa shape index (κ3) is 3.58. The smallest absolute Gasteiger partial charge is 0.407 e. The molecule has 35 heavy (non-hydrogen) atoms. The predicted octanol–water partition coefficient (Wildman–Crippen LogP) is 4.42. The Labute approximate surface area is 203 Å². The van der Waals surface area contributed by atoms with Gasteiger partial charge in [-0.05, 0) is 79.0 Å². The number of H-pyrrole nitrogens is 1. The van der Waals surface area contributed by atoms with Crippen LogP contribution in [0.3, 0.4) is 0 Å². The largest absolute Gasteiger partial charge is 0.465 e. The number of carboxylic acid groups (broad SMARTS) is 1. The number of carbonyl (C=O) groups excluding carboxylic acids is 1. The van der Waals surface area contributed by atoms with Gasteiger partial charge in [0, 0.05) is 50.1 Å². The van der Waals surface area contributed by atoms with Gasteiger partial charge in [-0.2, -0.15) is 0 Å². The average Bonchev–Trinajstić information content (AvgIpc) is 3.36. The first kappa shape index (κ1) is 22.1. The summed E-state index contributed by atoms with van der Waals surface area (Å²) < 4.78 is 5.56. The van der Waals surface area contributed by atoms with Crippen LogP contribution in [0, 0.1) is 6.92 Å². The predicted molar refractivity (Wildman–Crippen MR) is 131 cm³/mol. The van der Waals surface area contributed by atoms with Gasteiger partial charge in [-0.15, -0.1) is 0 Å². The van der Waals surface area contributed by atoms with Gasteiger partial charge < -0.3 is 24.6 Å². The van der Waals surface area contributed by atoms with Gasteiger partial charge in [0.05, 0.1) is 6.04 Å². The summed E-state index contributed by atoms with van der Waals surface area (Å²) in [7, 11) is 1.61. The average molecular weight is 475 g/mol. The third-order valence-corrected chi connectivity index (χ3v) is 8.08. The van der Waals surface area contributed by atoms with Crippen LogP contribution in [0.5, 0.6) is 0 Å². The van der Waals surface area contributed by atoms with Gasteiger partial charge in [0.2, 0.25) is 0 Å². The molecular weight excluding hydrogens is 444 g/mol. The molecule has 2 amide bonds. The highest BCUT2D eigenvalue weighted by molar-refractivity contribution is 5.89. The summed E-state index contributed by atoms with van der Waals surface area (Å²) in [6.07, 6.45) is 6.83. The summed E-state index contributed by atoms with van der Waals surface area (Å²) in [6.45, 7) is 3.73. The first-order valence-electron chi connectivity index (χ1n) is 12.3. The molecule has 1 saturated heterocycles. The SMILES string of the molecule is COC1(C(=O)N2CCc3cc(-c4cnc5[nH]cc(C)c5c4)cc(C4CCCN4C(=O)O)c3C2)CC1. The number of nitrogens with one attached hydrogen (secondary N) is 1. The molecule has 1 aliphatic carbocycles. The highest BCUT2D eigenvalue weighted by atomic mass is 16.5. The summed E-state index contributed by atoms with van der Waals surface area (Å²) in [4.78, 5) is 36.5. The first-order chi connectivity index (χ1) is 16.9. The number of hydrogen-bond acceptors (Lipinski definition) is 4. The summed E-state index contributed by atoms with van der Waals surface area (Å²) in [5.41, 5.74) is 6.69. The number of hydrogen-bond donors (Lipinski definition) is 2. The van der Waals surface area contributed by atoms with Crippen molar-refractivity contribution in [2.75, 3.05) is 20.2 Å². The van der Waals surface area contributed by atoms with Crippen molar-refractivity contribution in [3.63, 3.8) is 0 Å². The van der Waals surface area contributed by atoms with E-state index in [9.17, 15) is 14.7 Å². The van der Waals surface area contributed by atoms with Crippen LogP contribution in [0.2, 0.25) is 0 Å². The number of likely N-dealkylation sites (tertiary alicyclic amines) is 1. The zero-order valence-electron chi connectivity index (χ0n) is 20.1. The molecule has 2 aliphatic heterocycles. The molecule has 8 nitrogen and oxygen atoms in total. The molecular formula is C27H30N4O4. The second-order valence-electron chi connectivity index (χ2n) is 10.1. The highest BCUT2D eigenvalue weighted by Gasteiger charge is 2.52. The Morgan fingerprint density at radius 3 is 2.77 bits per heavy atom. The summed E-state index contributed by atoms with van der Waals surface area (Å²) in [5, 5.41) is 11.0. The Hall–Kier alpha value is -3.39. The lowest BCUT2D eigenvalue weighted by Gasteiger charge is -2.35. The van der Waals surface area contributed by atoms with Crippen LogP contribution in [-0.4, -0.2) is 62.7 Å². The fraction of sp³-hybridized carbons (Fsp3) is 0.444. The van der Waals surface area contributed by atoms with Crippen LogP contribution < -0.4 is 0 Å². The van der Waals surface area contributed by atoms with Crippen LogP contribution >= 0.6 is 0 Å². The minimum atomic E-state index is -0.891. The molecule has 2 aromatic heterocycles. The van der Waals surface area contributed by atoms with Crippen molar-refractivity contribution in [3.05, 3.63) is 52.8 Å². The number of amides is 2. The van der Waals surface area contributed by atoms with Gasteiger partial charge in [-0.25, -0.2) is 9.78 Å². The minimum absolute atomic E-state index is 0.0553. The fourth-order valence-corrected chi connectivity index (χ4v) is 5.85. The molecule has 1 unspecified atom stereocenters. The summed E-state index contributed by atoms with van der Waals surface area (Å²) in [6, 6.07) is 6.28. The number of aromatic nitrogens is 2. The van der Waals surface area contributed by atoms with Crippen LogP contribution in [0.25, 0.3) is 22.2 Å². The monoisotopic (exact) mass is 474 g/mol. The maximum Gasteiger partial charge on any atom is 0.407 e. The molecule has 3 aromatic rings. The molecule has 182 valence electrons. The molecule has 1 aromatic carbocycles. The van der Waals surface area contributed by atoms with Crippen molar-refractivity contribution in [3.8, 4) is 11.1 Å². The quantitative estimate of drug-likeness (QED) is 0.583. The van der Waals surface area contributed by atoms with Crippen molar-refractivity contribution < 1.29 is 19.4 Å². The molecule has 1 saturated carbocycles. The van der Waals surface area contributed by atoms with E-state index in [2.05, 4.69) is 35.1 Å². The van der Waals surface area contributed by atoms with Crippen molar-refractivity contribution >= 4 is 23.0 Å². The fourth-order valence-electron chi connectivity index (χ4n) is 5.85. The van der Waals surface area contributed by atoms with Gasteiger partial charge >= 0.3 is 6.09 Å². The number of aromatic amines is 1. The van der Waals surface area contributed by atoms with Crippen LogP contribution in [0.15, 0.2) is 30.6 Å². The summed E-state index contributed by atoms with van der Waals surface area (Å²) >= 11 is 0. The lowest BCUT2D eigenvalue weighted by molar-refractivity contribution is -0.145. The minimum Gasteiger partial charge on any atom is -0.465 e. The maximum atomic E-state index is 13.2. The Balaban J connectivity index is 1.44. The van der Waals surface area contributed by atoms with Gasteiger partial charge in [0.15, 0.2) is 0 Å². The molecule has 2 N–H and O–H groups in total. The van der Waals surface area contributed by atoms with E-state index in [4.69, 9.17) is 4.74 Å². The van der Waals surface area contributed by atoms with Gasteiger partial charge in [0.1, 0.15) is 11.2 Å². The Morgan fingerprint density at radius 2 is 2.03 bits per heavy atom. The lowest BCUT2D eigenvalue weighted by atomic mass is 9.86. The number of rotatable bonds is 4. The lowest BCUT2D eigenvalue weighted by Crippen LogP contribution is -2.44. The van der Waals surface area contributed by atoms with Crippen molar-refractivity contribution in [2.24, 2.45) is 0 Å². The number of nitrogens with zero attached hydrogens (tertiary/aromatic N) is 3. The van der Waals surface area contributed by atoms with Crippen molar-refractivity contribution in [1.29, 1.82) is 0 Å². The van der Waals surface area contributed by atoms with Gasteiger partial charge in [0.25, 0.3) is 5.91 Å². The van der Waals surface area contributed by atoms with Crippen LogP contribution in [0.4, 0.5) is 4.79 Å². The molecule has 4 heterocycles. The number of aryl methyl sites for hydroxylation is 1. The van der Waals surface area contributed by atoms with E-state index < -0.39 is 11.7 Å². The topological polar surface area (TPSA) is 98.8 Å². The normalized spacial score (nSPS) is 20.8. The number of methoxy groups -OCH3 is 1. The maximum absolute atomic E-state index is 13.2. The van der Waals surface area contributed by atoms with E-state index in [-0.39, 0.29) is 11.9 Å². The number of pyridine rings is 1. The van der Waals surface area contributed by atoms with E-state index >= 15 is 0 Å².